The number of alkyl halides is 2. The van der Waals surface area contributed by atoms with Gasteiger partial charge in [-0.05, 0) is 30.3 Å². The molecule has 1 aromatic heterocycles. The van der Waals surface area contributed by atoms with Crippen LogP contribution in [0.15, 0.2) is 45.3 Å². The summed E-state index contributed by atoms with van der Waals surface area (Å²) < 4.78 is 35.2. The normalized spacial score (nSPS) is 11.2. The van der Waals surface area contributed by atoms with E-state index in [1.54, 1.807) is 24.3 Å². The van der Waals surface area contributed by atoms with Crippen LogP contribution >= 0.6 is 15.9 Å². The van der Waals surface area contributed by atoms with Gasteiger partial charge in [-0.2, -0.15) is 8.78 Å². The van der Waals surface area contributed by atoms with Crippen molar-refractivity contribution >= 4 is 32.7 Å². The molecule has 1 heterocycles. The SMILES string of the molecule is Nc1cc(Br)cc2nc(-c3cccc(OC(F)F)c3)oc12. The highest BCUT2D eigenvalue weighted by molar-refractivity contribution is 9.10. The molecule has 3 rings (SSSR count). The van der Waals surface area contributed by atoms with E-state index < -0.39 is 6.61 Å². The largest absolute Gasteiger partial charge is 0.435 e. The topological polar surface area (TPSA) is 61.3 Å². The fourth-order valence-electron chi connectivity index (χ4n) is 1.95. The van der Waals surface area contributed by atoms with Crippen molar-refractivity contribution in [3.8, 4) is 17.2 Å². The van der Waals surface area contributed by atoms with E-state index in [1.807, 2.05) is 0 Å². The van der Waals surface area contributed by atoms with Crippen LogP contribution in [0.4, 0.5) is 14.5 Å². The van der Waals surface area contributed by atoms with Gasteiger partial charge in [0.05, 0.1) is 5.69 Å². The lowest BCUT2D eigenvalue weighted by Crippen LogP contribution is -2.01. The lowest BCUT2D eigenvalue weighted by atomic mass is 10.2. The monoisotopic (exact) mass is 354 g/mol. The minimum atomic E-state index is -2.88. The molecule has 108 valence electrons. The molecule has 0 atom stereocenters. The number of hydrogen-bond acceptors (Lipinski definition) is 4. The summed E-state index contributed by atoms with van der Waals surface area (Å²) in [5, 5.41) is 0. The van der Waals surface area contributed by atoms with E-state index in [1.165, 1.54) is 12.1 Å². The Kier molecular flexibility index (Phi) is 3.50. The summed E-state index contributed by atoms with van der Waals surface area (Å²) in [4.78, 5) is 4.31. The Bertz CT molecular complexity index is 805. The molecule has 4 nitrogen and oxygen atoms in total. The summed E-state index contributed by atoms with van der Waals surface area (Å²) in [5.41, 5.74) is 7.86. The number of rotatable bonds is 3. The molecule has 0 amide bonds. The first-order valence-electron chi connectivity index (χ1n) is 5.94. The van der Waals surface area contributed by atoms with Gasteiger partial charge in [-0.3, -0.25) is 0 Å². The number of nitrogen functional groups attached to an aromatic ring is 1. The van der Waals surface area contributed by atoms with Gasteiger partial charge in [0.25, 0.3) is 0 Å². The Balaban J connectivity index is 2.06. The van der Waals surface area contributed by atoms with E-state index in [0.29, 0.717) is 22.4 Å². The average Bonchev–Trinajstić information content (AvgIpc) is 2.82. The molecule has 0 radical (unpaired) electrons. The lowest BCUT2D eigenvalue weighted by Gasteiger charge is -2.04. The summed E-state index contributed by atoms with van der Waals surface area (Å²) in [7, 11) is 0. The Labute approximate surface area is 126 Å². The molecule has 0 aliphatic carbocycles. The number of ether oxygens (including phenoxy) is 1. The van der Waals surface area contributed by atoms with Gasteiger partial charge in [-0.25, -0.2) is 4.98 Å². The Hall–Kier alpha value is -2.15. The molecule has 2 aromatic carbocycles. The molecule has 0 saturated heterocycles. The number of aromatic nitrogens is 1. The van der Waals surface area contributed by atoms with Gasteiger partial charge in [0.2, 0.25) is 5.89 Å². The number of nitrogens with zero attached hydrogens (tertiary/aromatic N) is 1. The number of nitrogens with two attached hydrogens (primary N) is 1. The van der Waals surface area contributed by atoms with Gasteiger partial charge >= 0.3 is 6.61 Å². The predicted molar refractivity (Wildman–Crippen MR) is 78.2 cm³/mol. The second-order valence-electron chi connectivity index (χ2n) is 4.27. The van der Waals surface area contributed by atoms with Crippen LogP contribution < -0.4 is 10.5 Å². The van der Waals surface area contributed by atoms with Crippen LogP contribution in [-0.2, 0) is 0 Å². The van der Waals surface area contributed by atoms with E-state index in [-0.39, 0.29) is 11.6 Å². The van der Waals surface area contributed by atoms with Crippen LogP contribution in [0.5, 0.6) is 5.75 Å². The second kappa shape index (κ2) is 5.33. The van der Waals surface area contributed by atoms with E-state index in [4.69, 9.17) is 10.2 Å². The van der Waals surface area contributed by atoms with E-state index in [9.17, 15) is 8.78 Å². The highest BCUT2D eigenvalue weighted by Gasteiger charge is 2.13. The number of oxazole rings is 1. The molecular weight excluding hydrogens is 346 g/mol. The molecular formula is C14H9BrF2N2O2. The molecule has 21 heavy (non-hydrogen) atoms. The van der Waals surface area contributed by atoms with Crippen LogP contribution in [-0.4, -0.2) is 11.6 Å². The van der Waals surface area contributed by atoms with Crippen molar-refractivity contribution in [1.29, 1.82) is 0 Å². The smallest absolute Gasteiger partial charge is 0.387 e. The highest BCUT2D eigenvalue weighted by atomic mass is 79.9. The molecule has 7 heteroatoms. The molecule has 0 aliphatic rings. The first kappa shape index (κ1) is 13.8. The predicted octanol–water partition coefficient (Wildman–Crippen LogP) is 4.44. The van der Waals surface area contributed by atoms with E-state index in [2.05, 4.69) is 25.7 Å². The highest BCUT2D eigenvalue weighted by Crippen LogP contribution is 2.32. The zero-order valence-corrected chi connectivity index (χ0v) is 12.1. The van der Waals surface area contributed by atoms with E-state index in [0.717, 1.165) is 4.47 Å². The standard InChI is InChI=1S/C14H9BrF2N2O2/c15-8-5-10(18)12-11(6-8)19-13(21-12)7-2-1-3-9(4-7)20-14(16)17/h1-6,14H,18H2. The molecule has 2 N–H and O–H groups in total. The summed E-state index contributed by atoms with van der Waals surface area (Å²) >= 11 is 3.32. The molecule has 0 aliphatic heterocycles. The first-order valence-corrected chi connectivity index (χ1v) is 6.73. The lowest BCUT2D eigenvalue weighted by molar-refractivity contribution is -0.0498. The minimum absolute atomic E-state index is 0.0407. The van der Waals surface area contributed by atoms with Gasteiger partial charge in [-0.1, -0.05) is 22.0 Å². The van der Waals surface area contributed by atoms with Crippen molar-refractivity contribution in [3.05, 3.63) is 40.9 Å². The van der Waals surface area contributed by atoms with Crippen molar-refractivity contribution in [2.45, 2.75) is 6.61 Å². The zero-order valence-electron chi connectivity index (χ0n) is 10.5. The number of fused-ring (bicyclic) bond motifs is 1. The third-order valence-electron chi connectivity index (χ3n) is 2.79. The molecule has 0 unspecified atom stereocenters. The Morgan fingerprint density at radius 1 is 1.24 bits per heavy atom. The van der Waals surface area contributed by atoms with Crippen LogP contribution in [0.3, 0.4) is 0 Å². The summed E-state index contributed by atoms with van der Waals surface area (Å²) in [6.45, 7) is -2.88. The quantitative estimate of drug-likeness (QED) is 0.706. The molecule has 0 fully saturated rings. The van der Waals surface area contributed by atoms with Crippen molar-refractivity contribution in [3.63, 3.8) is 0 Å². The van der Waals surface area contributed by atoms with Gasteiger partial charge in [0.15, 0.2) is 5.58 Å². The van der Waals surface area contributed by atoms with Crippen molar-refractivity contribution in [2.75, 3.05) is 5.73 Å². The summed E-state index contributed by atoms with van der Waals surface area (Å²) in [6.07, 6.45) is 0. The van der Waals surface area contributed by atoms with Crippen LogP contribution in [0.2, 0.25) is 0 Å². The van der Waals surface area contributed by atoms with Gasteiger partial charge in [-0.15, -0.1) is 0 Å². The summed E-state index contributed by atoms with van der Waals surface area (Å²) in [6, 6.07) is 9.60. The van der Waals surface area contributed by atoms with Crippen molar-refractivity contribution in [1.82, 2.24) is 4.98 Å². The van der Waals surface area contributed by atoms with Crippen LogP contribution in [0.25, 0.3) is 22.6 Å². The molecule has 0 spiro atoms. The maximum Gasteiger partial charge on any atom is 0.387 e. The van der Waals surface area contributed by atoms with Gasteiger partial charge < -0.3 is 14.9 Å². The Morgan fingerprint density at radius 2 is 2.05 bits per heavy atom. The average molecular weight is 355 g/mol. The van der Waals surface area contributed by atoms with Crippen molar-refractivity contribution < 1.29 is 17.9 Å². The molecule has 0 bridgehead atoms. The minimum Gasteiger partial charge on any atom is -0.435 e. The maximum atomic E-state index is 12.2. The zero-order chi connectivity index (χ0) is 15.0. The third kappa shape index (κ3) is 2.82. The third-order valence-corrected chi connectivity index (χ3v) is 3.25. The van der Waals surface area contributed by atoms with Gasteiger partial charge in [0, 0.05) is 10.0 Å². The van der Waals surface area contributed by atoms with Gasteiger partial charge in [0.1, 0.15) is 11.3 Å². The van der Waals surface area contributed by atoms with E-state index >= 15 is 0 Å². The summed E-state index contributed by atoms with van der Waals surface area (Å²) in [5.74, 6) is 0.327. The maximum absolute atomic E-state index is 12.2. The molecule has 3 aromatic rings. The fourth-order valence-corrected chi connectivity index (χ4v) is 2.42. The number of halogens is 3. The Morgan fingerprint density at radius 3 is 2.81 bits per heavy atom. The number of anilines is 1. The van der Waals surface area contributed by atoms with Crippen LogP contribution in [0, 0.1) is 0 Å². The number of benzene rings is 2. The fraction of sp³-hybridized carbons (Fsp3) is 0.0714. The molecule has 0 saturated carbocycles. The first-order chi connectivity index (χ1) is 10.0. The van der Waals surface area contributed by atoms with Crippen molar-refractivity contribution in [2.24, 2.45) is 0 Å². The second-order valence-corrected chi connectivity index (χ2v) is 5.18. The number of hydrogen-bond donors (Lipinski definition) is 1. The van der Waals surface area contributed by atoms with Crippen LogP contribution in [0.1, 0.15) is 0 Å².